The molecule has 9 heteroatoms. The molecule has 0 aliphatic heterocycles. The first kappa shape index (κ1) is 20.8. The van der Waals surface area contributed by atoms with Gasteiger partial charge in [0, 0.05) is 26.5 Å². The monoisotopic (exact) mass is 436 g/mol. The topological polar surface area (TPSA) is 77.6 Å². The molecular formula is C22H21FN6OS. The van der Waals surface area contributed by atoms with Crippen LogP contribution in [0.25, 0.3) is 11.4 Å². The van der Waals surface area contributed by atoms with E-state index in [1.54, 1.807) is 36.0 Å². The van der Waals surface area contributed by atoms with Crippen LogP contribution in [0.2, 0.25) is 0 Å². The van der Waals surface area contributed by atoms with Gasteiger partial charge in [-0.05, 0) is 17.7 Å². The van der Waals surface area contributed by atoms with Gasteiger partial charge in [0.25, 0.3) is 0 Å². The Bertz CT molecular complexity index is 1190. The number of carbonyl (C=O) groups is 1. The Morgan fingerprint density at radius 2 is 1.84 bits per heavy atom. The van der Waals surface area contributed by atoms with Crippen molar-refractivity contribution < 1.29 is 9.18 Å². The van der Waals surface area contributed by atoms with E-state index >= 15 is 0 Å². The van der Waals surface area contributed by atoms with Crippen molar-refractivity contribution in [3.8, 4) is 11.4 Å². The number of carbonyl (C=O) groups excluding carboxylic acids is 1. The van der Waals surface area contributed by atoms with Crippen molar-refractivity contribution in [3.63, 3.8) is 0 Å². The van der Waals surface area contributed by atoms with Crippen molar-refractivity contribution in [2.75, 3.05) is 5.75 Å². The zero-order valence-electron chi connectivity index (χ0n) is 17.1. The second kappa shape index (κ2) is 9.13. The summed E-state index contributed by atoms with van der Waals surface area (Å²) in [5.74, 6) is 0.753. The van der Waals surface area contributed by atoms with Gasteiger partial charge in [0.05, 0.1) is 11.3 Å². The fraction of sp³-hybridized carbons (Fsp3) is 0.182. The minimum atomic E-state index is -0.372. The van der Waals surface area contributed by atoms with Crippen molar-refractivity contribution in [3.05, 3.63) is 84.2 Å². The molecule has 0 radical (unpaired) electrons. The Morgan fingerprint density at radius 1 is 1.10 bits per heavy atom. The lowest BCUT2D eigenvalue weighted by Crippen LogP contribution is -2.32. The zero-order valence-corrected chi connectivity index (χ0v) is 17.9. The van der Waals surface area contributed by atoms with E-state index in [0.29, 0.717) is 16.5 Å². The van der Waals surface area contributed by atoms with Crippen LogP contribution in [-0.4, -0.2) is 36.0 Å². The quantitative estimate of drug-likeness (QED) is 0.450. The van der Waals surface area contributed by atoms with Gasteiger partial charge in [0.2, 0.25) is 5.91 Å². The van der Waals surface area contributed by atoms with E-state index in [1.807, 2.05) is 48.1 Å². The highest BCUT2D eigenvalue weighted by atomic mass is 32.2. The van der Waals surface area contributed by atoms with Crippen molar-refractivity contribution in [1.82, 2.24) is 29.6 Å². The Hall–Kier alpha value is -3.46. The Balaban J connectivity index is 1.47. The number of rotatable bonds is 7. The van der Waals surface area contributed by atoms with Crippen LogP contribution < -0.4 is 5.32 Å². The third-order valence-electron chi connectivity index (χ3n) is 4.84. The van der Waals surface area contributed by atoms with E-state index in [9.17, 15) is 9.18 Å². The van der Waals surface area contributed by atoms with Gasteiger partial charge >= 0.3 is 0 Å². The van der Waals surface area contributed by atoms with Gasteiger partial charge in [-0.1, -0.05) is 54.2 Å². The molecule has 0 saturated carbocycles. The molecule has 0 unspecified atom stereocenters. The lowest BCUT2D eigenvalue weighted by Gasteiger charge is -2.19. The van der Waals surface area contributed by atoms with E-state index in [1.165, 1.54) is 17.8 Å². The summed E-state index contributed by atoms with van der Waals surface area (Å²) in [4.78, 5) is 17.2. The third-order valence-corrected chi connectivity index (χ3v) is 5.86. The van der Waals surface area contributed by atoms with Crippen LogP contribution in [0, 0.1) is 5.82 Å². The molecule has 2 heterocycles. The first-order chi connectivity index (χ1) is 15.0. The second-order valence-electron chi connectivity index (χ2n) is 6.94. The summed E-state index contributed by atoms with van der Waals surface area (Å²) < 4.78 is 17.7. The number of imidazole rings is 1. The number of aryl methyl sites for hydroxylation is 1. The standard InChI is InChI=1S/C22H21FN6OS/c1-28-13-12-24-21(28)19(15-8-4-3-5-9-15)25-18(30)14-31-22-27-26-20(29(22)2)16-10-6-7-11-17(16)23/h3-13,19H,14H2,1-2H3,(H,25,30)/t19-/m0/s1. The first-order valence-corrected chi connectivity index (χ1v) is 10.6. The van der Waals surface area contributed by atoms with Crippen LogP contribution in [0.1, 0.15) is 17.4 Å². The molecule has 4 rings (SSSR count). The minimum Gasteiger partial charge on any atom is -0.341 e. The highest BCUT2D eigenvalue weighted by molar-refractivity contribution is 7.99. The molecule has 0 bridgehead atoms. The number of nitrogens with zero attached hydrogens (tertiary/aromatic N) is 5. The number of hydrogen-bond donors (Lipinski definition) is 1. The van der Waals surface area contributed by atoms with Gasteiger partial charge in [-0.2, -0.15) is 0 Å². The second-order valence-corrected chi connectivity index (χ2v) is 7.88. The molecule has 1 atom stereocenters. The lowest BCUT2D eigenvalue weighted by atomic mass is 10.1. The SMILES string of the molecule is Cn1ccnc1[C@@H](NC(=O)CSc1nnc(-c2ccccc2F)n1C)c1ccccc1. The van der Waals surface area contributed by atoms with E-state index in [4.69, 9.17) is 0 Å². The molecule has 7 nitrogen and oxygen atoms in total. The average molecular weight is 437 g/mol. The molecule has 158 valence electrons. The number of hydrogen-bond acceptors (Lipinski definition) is 5. The smallest absolute Gasteiger partial charge is 0.231 e. The molecule has 0 aliphatic carbocycles. The highest BCUT2D eigenvalue weighted by Gasteiger charge is 2.21. The summed E-state index contributed by atoms with van der Waals surface area (Å²) >= 11 is 1.24. The molecule has 2 aromatic carbocycles. The average Bonchev–Trinajstić information content (AvgIpc) is 3.37. The highest BCUT2D eigenvalue weighted by Crippen LogP contribution is 2.25. The Kier molecular flexibility index (Phi) is 6.13. The third kappa shape index (κ3) is 4.51. The largest absolute Gasteiger partial charge is 0.341 e. The van der Waals surface area contributed by atoms with Crippen molar-refractivity contribution in [2.45, 2.75) is 11.2 Å². The summed E-state index contributed by atoms with van der Waals surface area (Å²) in [6, 6.07) is 15.7. The maximum absolute atomic E-state index is 14.1. The minimum absolute atomic E-state index is 0.136. The van der Waals surface area contributed by atoms with Gasteiger partial charge in [-0.15, -0.1) is 10.2 Å². The molecule has 1 N–H and O–H groups in total. The van der Waals surface area contributed by atoms with Crippen LogP contribution in [0.4, 0.5) is 4.39 Å². The summed E-state index contributed by atoms with van der Waals surface area (Å²) in [6.07, 6.45) is 3.55. The predicted octanol–water partition coefficient (Wildman–Crippen LogP) is 3.35. The fourth-order valence-corrected chi connectivity index (χ4v) is 3.97. The Labute approximate surface area is 183 Å². The number of halogens is 1. The number of amides is 1. The molecule has 0 aliphatic rings. The molecule has 1 amide bonds. The summed E-state index contributed by atoms with van der Waals surface area (Å²) in [5.41, 5.74) is 1.31. The molecule has 0 spiro atoms. The number of nitrogens with one attached hydrogen (secondary N) is 1. The van der Waals surface area contributed by atoms with Gasteiger partial charge in [-0.3, -0.25) is 4.79 Å². The van der Waals surface area contributed by atoms with Gasteiger partial charge in [0.1, 0.15) is 17.7 Å². The zero-order chi connectivity index (χ0) is 21.8. The van der Waals surface area contributed by atoms with Crippen molar-refractivity contribution >= 4 is 17.7 Å². The van der Waals surface area contributed by atoms with Crippen LogP contribution in [-0.2, 0) is 18.9 Å². The van der Waals surface area contributed by atoms with Crippen molar-refractivity contribution in [2.24, 2.45) is 14.1 Å². The van der Waals surface area contributed by atoms with E-state index in [0.717, 1.165) is 11.4 Å². The predicted molar refractivity (Wildman–Crippen MR) is 117 cm³/mol. The molecule has 0 fully saturated rings. The number of benzene rings is 2. The molecular weight excluding hydrogens is 415 g/mol. The number of aromatic nitrogens is 5. The maximum Gasteiger partial charge on any atom is 0.231 e. The van der Waals surface area contributed by atoms with E-state index in [-0.39, 0.29) is 23.5 Å². The van der Waals surface area contributed by atoms with Crippen LogP contribution in [0.5, 0.6) is 0 Å². The number of thioether (sulfide) groups is 1. The van der Waals surface area contributed by atoms with E-state index < -0.39 is 0 Å². The summed E-state index contributed by atoms with van der Waals surface area (Å²) in [5, 5.41) is 11.8. The van der Waals surface area contributed by atoms with Crippen LogP contribution in [0.15, 0.2) is 72.1 Å². The fourth-order valence-electron chi connectivity index (χ4n) is 3.25. The maximum atomic E-state index is 14.1. The normalized spacial score (nSPS) is 12.0. The van der Waals surface area contributed by atoms with Gasteiger partial charge in [0.15, 0.2) is 11.0 Å². The van der Waals surface area contributed by atoms with Crippen molar-refractivity contribution in [1.29, 1.82) is 0 Å². The summed E-state index contributed by atoms with van der Waals surface area (Å²) in [7, 11) is 3.64. The Morgan fingerprint density at radius 3 is 2.55 bits per heavy atom. The molecule has 4 aromatic rings. The van der Waals surface area contributed by atoms with Crippen LogP contribution >= 0.6 is 11.8 Å². The van der Waals surface area contributed by atoms with Crippen LogP contribution in [0.3, 0.4) is 0 Å². The first-order valence-electron chi connectivity index (χ1n) is 9.63. The lowest BCUT2D eigenvalue weighted by molar-refractivity contribution is -0.119. The summed E-state index contributed by atoms with van der Waals surface area (Å²) in [6.45, 7) is 0. The van der Waals surface area contributed by atoms with Gasteiger partial charge < -0.3 is 14.5 Å². The van der Waals surface area contributed by atoms with Gasteiger partial charge in [-0.25, -0.2) is 9.37 Å². The van der Waals surface area contributed by atoms with E-state index in [2.05, 4.69) is 20.5 Å². The molecule has 2 aromatic heterocycles. The molecule has 0 saturated heterocycles. The molecule has 31 heavy (non-hydrogen) atoms.